The quantitative estimate of drug-likeness (QED) is 0.0489. The molecule has 9 N–H and O–H groups in total. The van der Waals surface area contributed by atoms with E-state index in [1.54, 1.807) is 0 Å². The molecule has 1 fully saturated rings. The molecule has 4 heterocycles. The number of aromatic nitrogens is 3. The van der Waals surface area contributed by atoms with Crippen LogP contribution in [0.2, 0.25) is 5.15 Å². The molecule has 0 aliphatic carbocycles. The van der Waals surface area contributed by atoms with E-state index in [9.17, 15) is 44.4 Å². The molecule has 246 valence electrons. The number of β-lactam (4-membered cyclic amide) rings is 1. The Hall–Kier alpha value is -5.05. The minimum absolute atomic E-state index is 0.0116. The van der Waals surface area contributed by atoms with Crippen LogP contribution in [0.1, 0.15) is 30.0 Å². The maximum Gasteiger partial charge on any atom is 0.352 e. The summed E-state index contributed by atoms with van der Waals surface area (Å²) in [6.45, 7) is 2.39. The Bertz CT molecular complexity index is 1950. The highest BCUT2D eigenvalue weighted by molar-refractivity contribution is 8.00. The molecule has 1 aromatic carbocycles. The first-order valence-corrected chi connectivity index (χ1v) is 15.4. The van der Waals surface area contributed by atoms with Crippen LogP contribution in [0.3, 0.4) is 0 Å². The van der Waals surface area contributed by atoms with E-state index in [0.717, 1.165) is 40.1 Å². The number of amides is 2. The van der Waals surface area contributed by atoms with Crippen molar-refractivity contribution >= 4 is 86.1 Å². The van der Waals surface area contributed by atoms with E-state index in [1.807, 2.05) is 0 Å². The number of nitrogen functional groups attached to an aromatic ring is 1. The Morgan fingerprint density at radius 3 is 2.36 bits per heavy atom. The summed E-state index contributed by atoms with van der Waals surface area (Å²) < 4.78 is 0. The molecule has 21 heteroatoms. The molecule has 2 aliphatic rings. The predicted octanol–water partition coefficient (Wildman–Crippen LogP) is 0.266. The maximum absolute atomic E-state index is 13.4. The average Bonchev–Trinajstić information content (AvgIpc) is 3.44. The number of oxime groups is 1. The first-order valence-electron chi connectivity index (χ1n) is 13.1. The van der Waals surface area contributed by atoms with Gasteiger partial charge in [0.25, 0.3) is 11.8 Å². The van der Waals surface area contributed by atoms with Crippen molar-refractivity contribution in [2.45, 2.75) is 36.9 Å². The van der Waals surface area contributed by atoms with Gasteiger partial charge in [0.1, 0.15) is 28.5 Å². The van der Waals surface area contributed by atoms with Gasteiger partial charge in [-0.1, -0.05) is 16.8 Å². The zero-order chi connectivity index (χ0) is 34.5. The van der Waals surface area contributed by atoms with Gasteiger partial charge in [0, 0.05) is 23.3 Å². The molecule has 2 amide bonds. The number of nitrogens with two attached hydrogens (primary N) is 2. The minimum Gasteiger partial charge on any atom is -0.504 e. The summed E-state index contributed by atoms with van der Waals surface area (Å²) in [6, 6.07) is -0.787. The third kappa shape index (κ3) is 6.10. The third-order valence-corrected chi connectivity index (χ3v) is 9.20. The van der Waals surface area contributed by atoms with Crippen molar-refractivity contribution in [3.05, 3.63) is 45.3 Å². The predicted molar refractivity (Wildman–Crippen MR) is 166 cm³/mol. The first-order chi connectivity index (χ1) is 22.0. The zero-order valence-electron chi connectivity index (χ0n) is 24.0. The van der Waals surface area contributed by atoms with Gasteiger partial charge in [0.05, 0.1) is 17.1 Å². The highest BCUT2D eigenvalue weighted by atomic mass is 35.5. The van der Waals surface area contributed by atoms with Gasteiger partial charge in [-0.2, -0.15) is 0 Å². The Labute approximate surface area is 276 Å². The topological polar surface area (TPSA) is 294 Å². The van der Waals surface area contributed by atoms with Crippen LogP contribution >= 0.6 is 34.7 Å². The Balaban J connectivity index is 1.40. The van der Waals surface area contributed by atoms with E-state index in [-0.39, 0.29) is 33.2 Å². The number of aliphatic carboxylic acids is 2. The number of ketones is 1. The van der Waals surface area contributed by atoms with Crippen LogP contribution in [0.25, 0.3) is 11.0 Å². The summed E-state index contributed by atoms with van der Waals surface area (Å²) in [7, 11) is 0. The number of aromatic hydroxyl groups is 2. The molecule has 0 spiro atoms. The number of phenolic OH excluding ortho intramolecular Hbond substituents is 2. The molecule has 2 unspecified atom stereocenters. The number of nitrogens with one attached hydrogen (secondary N) is 1. The summed E-state index contributed by atoms with van der Waals surface area (Å²) in [5.74, 6) is -6.93. The summed E-state index contributed by atoms with van der Waals surface area (Å²) in [5, 5.41) is 45.1. The summed E-state index contributed by atoms with van der Waals surface area (Å²) >= 11 is 8.13. The van der Waals surface area contributed by atoms with Crippen molar-refractivity contribution in [1.29, 1.82) is 0 Å². The summed E-state index contributed by atoms with van der Waals surface area (Å²) in [5.41, 5.74) is 8.38. The molecule has 0 radical (unpaired) electrons. The number of hydrogen-bond acceptors (Lipinski definition) is 16. The molecule has 5 rings (SSSR count). The highest BCUT2D eigenvalue weighted by Crippen LogP contribution is 2.41. The normalized spacial score (nSPS) is 18.8. The molecule has 0 bridgehead atoms. The molecule has 0 saturated carbocycles. The van der Waals surface area contributed by atoms with Crippen molar-refractivity contribution in [1.82, 2.24) is 25.2 Å². The number of thioether (sulfide) groups is 1. The molecule has 2 aliphatic heterocycles. The van der Waals surface area contributed by atoms with Gasteiger partial charge in [0.2, 0.25) is 11.4 Å². The number of rotatable bonds is 10. The molecule has 47 heavy (non-hydrogen) atoms. The second kappa shape index (κ2) is 12.3. The number of carboxylic acids is 2. The van der Waals surface area contributed by atoms with Crippen LogP contribution < -0.4 is 16.8 Å². The van der Waals surface area contributed by atoms with Crippen LogP contribution in [0.15, 0.2) is 33.9 Å². The number of fused-ring (bicyclic) bond motifs is 2. The number of nitrogens with zero attached hydrogens (tertiary/aromatic N) is 5. The average molecular weight is 707 g/mol. The lowest BCUT2D eigenvalue weighted by Crippen LogP contribution is -2.71. The van der Waals surface area contributed by atoms with E-state index >= 15 is 0 Å². The van der Waals surface area contributed by atoms with Gasteiger partial charge in [-0.15, -0.1) is 23.1 Å². The maximum atomic E-state index is 13.4. The summed E-state index contributed by atoms with van der Waals surface area (Å²) in [6.07, 6.45) is 0. The van der Waals surface area contributed by atoms with Crippen LogP contribution in [-0.2, 0) is 24.0 Å². The Morgan fingerprint density at radius 2 is 1.79 bits per heavy atom. The number of hydrogen-bond donors (Lipinski definition) is 7. The largest absolute Gasteiger partial charge is 0.504 e. The second-order valence-corrected chi connectivity index (χ2v) is 12.8. The Kier molecular flexibility index (Phi) is 8.71. The number of carboxylic acid groups (broad SMARTS) is 2. The molecular weight excluding hydrogens is 684 g/mol. The van der Waals surface area contributed by atoms with Gasteiger partial charge >= 0.3 is 11.9 Å². The minimum atomic E-state index is -1.84. The Morgan fingerprint density at radius 1 is 1.15 bits per heavy atom. The van der Waals surface area contributed by atoms with Gasteiger partial charge in [-0.25, -0.2) is 24.5 Å². The number of benzene rings is 1. The van der Waals surface area contributed by atoms with Crippen LogP contribution in [0.4, 0.5) is 5.13 Å². The van der Waals surface area contributed by atoms with Crippen molar-refractivity contribution in [3.63, 3.8) is 0 Å². The summed E-state index contributed by atoms with van der Waals surface area (Å²) in [4.78, 5) is 81.9. The fourth-order valence-electron chi connectivity index (χ4n) is 4.41. The van der Waals surface area contributed by atoms with E-state index in [2.05, 4.69) is 25.4 Å². The smallest absolute Gasteiger partial charge is 0.352 e. The molecule has 3 atom stereocenters. The second-order valence-electron chi connectivity index (χ2n) is 10.5. The number of thiazole rings is 1. The van der Waals surface area contributed by atoms with Gasteiger partial charge in [-0.05, 0) is 19.4 Å². The van der Waals surface area contributed by atoms with E-state index in [4.69, 9.17) is 27.9 Å². The van der Waals surface area contributed by atoms with Crippen molar-refractivity contribution in [2.24, 2.45) is 10.9 Å². The molecule has 1 saturated heterocycles. The SMILES string of the molecule is CC(C)(O/N=C(\C(=O)NC1C(=O)N2C(C(=O)O)=C(C(N)C(=O)c3nc4cc(O)c(O)cc4nc3Cl)CS[C@H]12)c1csc(N)n1)C(=O)O. The highest BCUT2D eigenvalue weighted by Gasteiger charge is 2.55. The van der Waals surface area contributed by atoms with Crippen LogP contribution in [0.5, 0.6) is 11.5 Å². The van der Waals surface area contributed by atoms with Crippen LogP contribution in [-0.4, -0.2) is 104 Å². The molecular formula is C26H23ClN8O10S2. The molecule has 2 aromatic heterocycles. The fraction of sp³-hybridized carbons (Fsp3) is 0.269. The van der Waals surface area contributed by atoms with Gasteiger partial charge in [-0.3, -0.25) is 19.3 Å². The van der Waals surface area contributed by atoms with E-state index in [1.165, 1.54) is 19.2 Å². The van der Waals surface area contributed by atoms with Gasteiger partial charge < -0.3 is 42.0 Å². The van der Waals surface area contributed by atoms with E-state index in [0.29, 0.717) is 0 Å². The lowest BCUT2D eigenvalue weighted by molar-refractivity contribution is -0.161. The lowest BCUT2D eigenvalue weighted by Gasteiger charge is -2.49. The van der Waals surface area contributed by atoms with Crippen LogP contribution in [0, 0.1) is 0 Å². The number of phenols is 2. The molecule has 3 aromatic rings. The standard InChI is InChI=1S/C26H23ClN8O10S2/c1-26(2,24(43)44)45-34-14(10-6-47-25(29)32-10)20(39)33-16-21(40)35-17(23(41)42)7(5-46-22(16)35)13(28)18(38)15-19(27)31-9-4-12(37)11(36)3-8(9)30-15/h3-4,6,13,16,22,36-37H,5,28H2,1-2H3,(H2,29,32)(H,33,39)(H,41,42)(H,43,44)/b34-14-/t13?,16?,22-/m1/s1. The zero-order valence-corrected chi connectivity index (χ0v) is 26.4. The number of halogens is 1. The van der Waals surface area contributed by atoms with Crippen molar-refractivity contribution < 1.29 is 49.2 Å². The number of carbonyl (C=O) groups is 5. The number of anilines is 1. The molecule has 18 nitrogen and oxygen atoms in total. The van der Waals surface area contributed by atoms with Gasteiger partial charge in [0.15, 0.2) is 27.5 Å². The number of Topliss-reactive ketones (excluding diaryl/α,β-unsaturated/α-hetero) is 1. The van der Waals surface area contributed by atoms with E-state index < -0.39 is 86.3 Å². The fourth-order valence-corrected chi connectivity index (χ4v) is 6.59. The first kappa shape index (κ1) is 33.3. The lowest BCUT2D eigenvalue weighted by atomic mass is 9.96. The van der Waals surface area contributed by atoms with Crippen molar-refractivity contribution in [3.8, 4) is 11.5 Å². The monoisotopic (exact) mass is 706 g/mol. The van der Waals surface area contributed by atoms with Crippen molar-refractivity contribution in [2.75, 3.05) is 11.5 Å². The third-order valence-electron chi connectivity index (χ3n) is 6.96. The number of carbonyl (C=O) groups excluding carboxylic acids is 3.